The summed E-state index contributed by atoms with van der Waals surface area (Å²) in [5, 5.41) is 0. The Morgan fingerprint density at radius 2 is 1.63 bits per heavy atom. The van der Waals surface area contributed by atoms with Gasteiger partial charge >= 0.3 is 0 Å². The van der Waals surface area contributed by atoms with Gasteiger partial charge in [0.15, 0.2) is 0 Å². The molecular weight excluding hydrogens is 376 g/mol. The lowest BCUT2D eigenvalue weighted by atomic mass is 9.91. The average molecular weight is 405 g/mol. The Kier molecular flexibility index (Phi) is 5.37. The van der Waals surface area contributed by atoms with Crippen LogP contribution in [0.3, 0.4) is 0 Å². The number of amides is 2. The van der Waals surface area contributed by atoms with Gasteiger partial charge < -0.3 is 9.64 Å². The first-order valence-corrected chi connectivity index (χ1v) is 10.5. The zero-order valence-corrected chi connectivity index (χ0v) is 18.0. The van der Waals surface area contributed by atoms with Crippen LogP contribution in [0, 0.1) is 18.8 Å². The van der Waals surface area contributed by atoms with Crippen LogP contribution < -0.4 is 9.64 Å². The van der Waals surface area contributed by atoms with Crippen molar-refractivity contribution < 1.29 is 14.3 Å². The smallest absolute Gasteiger partial charge is 0.282 e. The van der Waals surface area contributed by atoms with Gasteiger partial charge in [0.25, 0.3) is 11.8 Å². The van der Waals surface area contributed by atoms with Crippen LogP contribution in [0.4, 0.5) is 5.69 Å². The first-order chi connectivity index (χ1) is 14.4. The van der Waals surface area contributed by atoms with Crippen LogP contribution in [-0.2, 0) is 9.59 Å². The molecule has 4 rings (SSSR count). The van der Waals surface area contributed by atoms with E-state index in [-0.39, 0.29) is 11.8 Å². The first kappa shape index (κ1) is 20.2. The topological polar surface area (TPSA) is 49.9 Å². The Morgan fingerprint density at radius 3 is 2.30 bits per heavy atom. The Bertz CT molecular complexity index is 1020. The summed E-state index contributed by atoms with van der Waals surface area (Å²) < 4.78 is 5.54. The summed E-state index contributed by atoms with van der Waals surface area (Å²) in [6.45, 7) is 7.88. The number of hydrogen-bond acceptors (Lipinski definition) is 4. The fourth-order valence-corrected chi connectivity index (χ4v) is 4.75. The third-order valence-corrected chi connectivity index (χ3v) is 5.88. The minimum absolute atomic E-state index is 0.257. The summed E-state index contributed by atoms with van der Waals surface area (Å²) in [5.74, 6) is 0.950. The Balaban J connectivity index is 1.88. The number of anilines is 1. The number of carbonyl (C=O) groups is 2. The van der Waals surface area contributed by atoms with Crippen molar-refractivity contribution in [2.75, 3.05) is 25.1 Å². The van der Waals surface area contributed by atoms with Crippen molar-refractivity contribution in [1.82, 2.24) is 4.90 Å². The molecule has 2 aromatic carbocycles. The van der Waals surface area contributed by atoms with Gasteiger partial charge in [-0.2, -0.15) is 0 Å². The monoisotopic (exact) mass is 404 g/mol. The zero-order valence-electron chi connectivity index (χ0n) is 18.0. The van der Waals surface area contributed by atoms with Crippen molar-refractivity contribution >= 4 is 23.1 Å². The van der Waals surface area contributed by atoms with Crippen molar-refractivity contribution in [2.24, 2.45) is 11.8 Å². The number of benzene rings is 2. The molecule has 2 unspecified atom stereocenters. The van der Waals surface area contributed by atoms with Gasteiger partial charge in [-0.3, -0.25) is 9.59 Å². The lowest BCUT2D eigenvalue weighted by Crippen LogP contribution is -2.42. The van der Waals surface area contributed by atoms with Crippen LogP contribution in [0.5, 0.6) is 5.75 Å². The normalized spacial score (nSPS) is 22.1. The summed E-state index contributed by atoms with van der Waals surface area (Å²) in [7, 11) is 1.59. The number of nitrogens with zero attached hydrogens (tertiary/aromatic N) is 2. The minimum Gasteiger partial charge on any atom is -0.496 e. The number of piperidine rings is 1. The molecule has 0 N–H and O–H groups in total. The molecule has 0 aromatic heterocycles. The second-order valence-electron chi connectivity index (χ2n) is 8.56. The van der Waals surface area contributed by atoms with E-state index in [1.165, 1.54) is 4.90 Å². The summed E-state index contributed by atoms with van der Waals surface area (Å²) in [6, 6.07) is 14.9. The number of likely N-dealkylation sites (tertiary alicyclic amines) is 1. The molecule has 0 spiro atoms. The lowest BCUT2D eigenvalue weighted by Gasteiger charge is -2.37. The molecule has 5 heteroatoms. The SMILES string of the molecule is COc1ccccc1C1=C(N2CC(C)CC(C)C2)C(=O)N(c2cccc(C)c2)C1=O. The maximum atomic E-state index is 13.7. The van der Waals surface area contributed by atoms with E-state index in [0.29, 0.717) is 40.1 Å². The first-order valence-electron chi connectivity index (χ1n) is 10.5. The van der Waals surface area contributed by atoms with Crippen molar-refractivity contribution in [3.05, 3.63) is 65.4 Å². The van der Waals surface area contributed by atoms with Crippen molar-refractivity contribution in [3.63, 3.8) is 0 Å². The number of imide groups is 1. The van der Waals surface area contributed by atoms with E-state index < -0.39 is 0 Å². The van der Waals surface area contributed by atoms with Gasteiger partial charge in [0.1, 0.15) is 11.4 Å². The van der Waals surface area contributed by atoms with Gasteiger partial charge in [0.05, 0.1) is 18.4 Å². The highest BCUT2D eigenvalue weighted by molar-refractivity contribution is 6.45. The summed E-state index contributed by atoms with van der Waals surface area (Å²) in [5.41, 5.74) is 3.19. The second kappa shape index (κ2) is 7.98. The molecule has 1 fully saturated rings. The van der Waals surface area contributed by atoms with Gasteiger partial charge in [-0.1, -0.05) is 44.2 Å². The molecule has 0 radical (unpaired) electrons. The Labute approximate surface area is 177 Å². The van der Waals surface area contributed by atoms with Crippen molar-refractivity contribution in [1.29, 1.82) is 0 Å². The number of para-hydroxylation sites is 1. The molecule has 2 aliphatic rings. The van der Waals surface area contributed by atoms with E-state index in [9.17, 15) is 9.59 Å². The van der Waals surface area contributed by atoms with E-state index in [1.807, 2.05) is 55.5 Å². The molecule has 2 aromatic rings. The number of aryl methyl sites for hydroxylation is 1. The molecule has 2 heterocycles. The van der Waals surface area contributed by atoms with E-state index >= 15 is 0 Å². The molecule has 156 valence electrons. The number of rotatable bonds is 4. The van der Waals surface area contributed by atoms with Gasteiger partial charge in [-0.05, 0) is 48.9 Å². The van der Waals surface area contributed by atoms with Crippen LogP contribution in [0.15, 0.2) is 54.2 Å². The van der Waals surface area contributed by atoms with Crippen LogP contribution in [0.25, 0.3) is 5.57 Å². The fourth-order valence-electron chi connectivity index (χ4n) is 4.75. The predicted molar refractivity (Wildman–Crippen MR) is 118 cm³/mol. The van der Waals surface area contributed by atoms with E-state index in [4.69, 9.17) is 4.74 Å². The molecule has 0 bridgehead atoms. The number of ether oxygens (including phenoxy) is 1. The molecule has 2 amide bonds. The molecular formula is C25H28N2O3. The number of hydrogen-bond donors (Lipinski definition) is 0. The molecule has 2 atom stereocenters. The second-order valence-corrected chi connectivity index (χ2v) is 8.56. The molecule has 2 aliphatic heterocycles. The fraction of sp³-hybridized carbons (Fsp3) is 0.360. The third-order valence-electron chi connectivity index (χ3n) is 5.88. The van der Waals surface area contributed by atoms with Crippen LogP contribution in [-0.4, -0.2) is 36.9 Å². The predicted octanol–water partition coefficient (Wildman–Crippen LogP) is 4.27. The van der Waals surface area contributed by atoms with Crippen LogP contribution in [0.1, 0.15) is 31.4 Å². The van der Waals surface area contributed by atoms with Crippen LogP contribution >= 0.6 is 0 Å². The van der Waals surface area contributed by atoms with Crippen molar-refractivity contribution in [2.45, 2.75) is 27.2 Å². The van der Waals surface area contributed by atoms with E-state index in [2.05, 4.69) is 18.7 Å². The Morgan fingerprint density at radius 1 is 0.933 bits per heavy atom. The standard InChI is InChI=1S/C25H28N2O3/c1-16-8-7-9-19(13-16)27-24(28)22(20-10-5-6-11-21(20)30-4)23(25(27)29)26-14-17(2)12-18(3)15-26/h5-11,13,17-18H,12,14-15H2,1-4H3. The molecule has 0 saturated carbocycles. The highest BCUT2D eigenvalue weighted by atomic mass is 16.5. The quantitative estimate of drug-likeness (QED) is 0.715. The van der Waals surface area contributed by atoms with Crippen LogP contribution in [0.2, 0.25) is 0 Å². The van der Waals surface area contributed by atoms with E-state index in [1.54, 1.807) is 7.11 Å². The molecule has 1 saturated heterocycles. The maximum Gasteiger partial charge on any atom is 0.282 e. The average Bonchev–Trinajstić information content (AvgIpc) is 2.97. The van der Waals surface area contributed by atoms with E-state index in [0.717, 1.165) is 25.1 Å². The largest absolute Gasteiger partial charge is 0.496 e. The lowest BCUT2D eigenvalue weighted by molar-refractivity contribution is -0.120. The van der Waals surface area contributed by atoms with Gasteiger partial charge in [-0.15, -0.1) is 0 Å². The third kappa shape index (κ3) is 3.49. The molecule has 30 heavy (non-hydrogen) atoms. The Hall–Kier alpha value is -3.08. The summed E-state index contributed by atoms with van der Waals surface area (Å²) in [4.78, 5) is 30.8. The highest BCUT2D eigenvalue weighted by Gasteiger charge is 2.44. The number of methoxy groups -OCH3 is 1. The molecule has 5 nitrogen and oxygen atoms in total. The van der Waals surface area contributed by atoms with Gasteiger partial charge in [0, 0.05) is 18.7 Å². The minimum atomic E-state index is -0.295. The zero-order chi connectivity index (χ0) is 21.4. The molecule has 0 aliphatic carbocycles. The van der Waals surface area contributed by atoms with Gasteiger partial charge in [0.2, 0.25) is 0 Å². The number of carbonyl (C=O) groups excluding carboxylic acids is 2. The van der Waals surface area contributed by atoms with Crippen molar-refractivity contribution in [3.8, 4) is 5.75 Å². The highest BCUT2D eigenvalue weighted by Crippen LogP contribution is 2.40. The summed E-state index contributed by atoms with van der Waals surface area (Å²) in [6.07, 6.45) is 1.12. The maximum absolute atomic E-state index is 13.7. The summed E-state index contributed by atoms with van der Waals surface area (Å²) >= 11 is 0. The van der Waals surface area contributed by atoms with Gasteiger partial charge in [-0.25, -0.2) is 4.90 Å².